The van der Waals surface area contributed by atoms with Crippen LogP contribution >= 0.6 is 22.9 Å². The monoisotopic (exact) mass is 311 g/mol. The summed E-state index contributed by atoms with van der Waals surface area (Å²) in [5.41, 5.74) is 0. The Morgan fingerprint density at radius 1 is 1.45 bits per heavy atom. The lowest BCUT2D eigenvalue weighted by atomic mass is 10.1. The van der Waals surface area contributed by atoms with E-state index in [4.69, 9.17) is 11.6 Å². The van der Waals surface area contributed by atoms with Crippen molar-refractivity contribution in [3.8, 4) is 0 Å². The number of aromatic nitrogens is 2. The van der Waals surface area contributed by atoms with Crippen molar-refractivity contribution in [3.05, 3.63) is 16.2 Å². The number of rotatable bonds is 4. The van der Waals surface area contributed by atoms with Crippen LogP contribution in [0.5, 0.6) is 0 Å². The van der Waals surface area contributed by atoms with Crippen LogP contribution in [-0.2, 0) is 6.42 Å². The number of hydrogen-bond donors (Lipinski definition) is 2. The van der Waals surface area contributed by atoms with Crippen LogP contribution in [0.3, 0.4) is 0 Å². The number of thiophene rings is 1. The Morgan fingerprint density at radius 2 is 2.30 bits per heavy atom. The Hall–Kier alpha value is -0.910. The van der Waals surface area contributed by atoms with Crippen LogP contribution in [0.25, 0.3) is 10.2 Å². The van der Waals surface area contributed by atoms with Gasteiger partial charge >= 0.3 is 0 Å². The topological polar surface area (TPSA) is 58.0 Å². The molecule has 2 aromatic heterocycles. The standard InChI is InChI=1S/C14H18ClN3OS/c1-2-10-6-11-12(17-14(15)18-13(11)20-10)16-7-8-3-4-9(19)5-8/h6,8-9,19H,2-5,7H2,1H3,(H,16,17,18). The van der Waals surface area contributed by atoms with Crippen molar-refractivity contribution in [2.45, 2.75) is 38.7 Å². The number of aliphatic hydroxyl groups is 1. The van der Waals surface area contributed by atoms with Crippen molar-refractivity contribution < 1.29 is 5.11 Å². The van der Waals surface area contributed by atoms with E-state index < -0.39 is 0 Å². The Kier molecular flexibility index (Phi) is 4.10. The minimum Gasteiger partial charge on any atom is -0.393 e. The number of fused-ring (bicyclic) bond motifs is 1. The molecule has 0 aliphatic heterocycles. The lowest BCUT2D eigenvalue weighted by Crippen LogP contribution is -2.13. The molecule has 0 radical (unpaired) electrons. The molecule has 2 unspecified atom stereocenters. The number of aliphatic hydroxyl groups excluding tert-OH is 1. The molecular formula is C14H18ClN3OS. The second-order valence-corrected chi connectivity index (χ2v) is 6.79. The fourth-order valence-corrected chi connectivity index (χ4v) is 3.92. The molecule has 108 valence electrons. The van der Waals surface area contributed by atoms with E-state index in [1.165, 1.54) is 4.88 Å². The highest BCUT2D eigenvalue weighted by Crippen LogP contribution is 2.31. The van der Waals surface area contributed by atoms with Crippen molar-refractivity contribution >= 4 is 39.0 Å². The van der Waals surface area contributed by atoms with Gasteiger partial charge in [-0.3, -0.25) is 0 Å². The summed E-state index contributed by atoms with van der Waals surface area (Å²) in [6, 6.07) is 2.14. The first-order valence-electron chi connectivity index (χ1n) is 7.03. The van der Waals surface area contributed by atoms with E-state index in [1.807, 2.05) is 0 Å². The molecule has 1 fully saturated rings. The molecule has 0 saturated heterocycles. The van der Waals surface area contributed by atoms with Gasteiger partial charge in [0.2, 0.25) is 5.28 Å². The van der Waals surface area contributed by atoms with Gasteiger partial charge in [0.15, 0.2) is 0 Å². The zero-order valence-electron chi connectivity index (χ0n) is 11.4. The van der Waals surface area contributed by atoms with Crippen LogP contribution < -0.4 is 5.32 Å². The zero-order valence-corrected chi connectivity index (χ0v) is 13.0. The molecule has 4 nitrogen and oxygen atoms in total. The Morgan fingerprint density at radius 3 is 3.00 bits per heavy atom. The van der Waals surface area contributed by atoms with Gasteiger partial charge in [-0.25, -0.2) is 9.97 Å². The van der Waals surface area contributed by atoms with Crippen molar-refractivity contribution in [1.82, 2.24) is 9.97 Å². The van der Waals surface area contributed by atoms with Crippen LogP contribution in [-0.4, -0.2) is 27.7 Å². The van der Waals surface area contributed by atoms with E-state index in [2.05, 4.69) is 28.3 Å². The van der Waals surface area contributed by atoms with Crippen molar-refractivity contribution in [2.75, 3.05) is 11.9 Å². The molecule has 0 amide bonds. The minimum atomic E-state index is -0.136. The molecule has 1 aliphatic rings. The smallest absolute Gasteiger partial charge is 0.225 e. The molecule has 20 heavy (non-hydrogen) atoms. The average Bonchev–Trinajstić information content (AvgIpc) is 3.01. The summed E-state index contributed by atoms with van der Waals surface area (Å²) in [6.07, 6.45) is 3.71. The third-order valence-corrected chi connectivity index (χ3v) is 5.18. The first-order chi connectivity index (χ1) is 9.65. The molecule has 0 aromatic carbocycles. The van der Waals surface area contributed by atoms with E-state index in [0.29, 0.717) is 5.92 Å². The summed E-state index contributed by atoms with van der Waals surface area (Å²) in [5.74, 6) is 1.33. The zero-order chi connectivity index (χ0) is 14.1. The van der Waals surface area contributed by atoms with E-state index in [1.54, 1.807) is 11.3 Å². The maximum absolute atomic E-state index is 9.58. The highest BCUT2D eigenvalue weighted by molar-refractivity contribution is 7.18. The van der Waals surface area contributed by atoms with E-state index in [0.717, 1.165) is 48.3 Å². The largest absolute Gasteiger partial charge is 0.393 e. The summed E-state index contributed by atoms with van der Waals surface area (Å²) in [7, 11) is 0. The Balaban J connectivity index is 1.81. The van der Waals surface area contributed by atoms with Crippen molar-refractivity contribution in [1.29, 1.82) is 0 Å². The number of nitrogens with one attached hydrogen (secondary N) is 1. The van der Waals surface area contributed by atoms with Crippen LogP contribution in [0.4, 0.5) is 5.82 Å². The highest BCUT2D eigenvalue weighted by atomic mass is 35.5. The summed E-state index contributed by atoms with van der Waals surface area (Å²) < 4.78 is 0. The molecule has 3 rings (SSSR count). The molecule has 1 aliphatic carbocycles. The normalized spacial score (nSPS) is 22.6. The number of hydrogen-bond acceptors (Lipinski definition) is 5. The van der Waals surface area contributed by atoms with Gasteiger partial charge in [-0.1, -0.05) is 6.92 Å². The van der Waals surface area contributed by atoms with Crippen LogP contribution in [0, 0.1) is 5.92 Å². The van der Waals surface area contributed by atoms with Gasteiger partial charge in [0.25, 0.3) is 0 Å². The maximum Gasteiger partial charge on any atom is 0.225 e. The predicted molar refractivity (Wildman–Crippen MR) is 83.6 cm³/mol. The van der Waals surface area contributed by atoms with E-state index >= 15 is 0 Å². The average molecular weight is 312 g/mol. The number of anilines is 1. The van der Waals surface area contributed by atoms with Crippen molar-refractivity contribution in [3.63, 3.8) is 0 Å². The molecule has 0 spiro atoms. The van der Waals surface area contributed by atoms with Crippen LogP contribution in [0.2, 0.25) is 5.28 Å². The first kappa shape index (κ1) is 14.0. The quantitative estimate of drug-likeness (QED) is 0.849. The Labute approximate surface area is 127 Å². The predicted octanol–water partition coefficient (Wildman–Crippen LogP) is 3.48. The minimum absolute atomic E-state index is 0.136. The molecular weight excluding hydrogens is 294 g/mol. The Bertz CT molecular complexity index is 616. The summed E-state index contributed by atoms with van der Waals surface area (Å²) in [5, 5.41) is 14.3. The maximum atomic E-state index is 9.58. The highest BCUT2D eigenvalue weighted by Gasteiger charge is 2.23. The molecule has 2 atom stereocenters. The fraction of sp³-hybridized carbons (Fsp3) is 0.571. The van der Waals surface area contributed by atoms with Gasteiger partial charge in [0.1, 0.15) is 10.6 Å². The third-order valence-electron chi connectivity index (χ3n) is 3.84. The van der Waals surface area contributed by atoms with Crippen molar-refractivity contribution in [2.24, 2.45) is 5.92 Å². The summed E-state index contributed by atoms with van der Waals surface area (Å²) in [6.45, 7) is 2.96. The second kappa shape index (κ2) is 5.84. The molecule has 2 N–H and O–H groups in total. The molecule has 2 aromatic rings. The van der Waals surface area contributed by atoms with Gasteiger partial charge < -0.3 is 10.4 Å². The first-order valence-corrected chi connectivity index (χ1v) is 8.23. The lowest BCUT2D eigenvalue weighted by molar-refractivity contribution is 0.178. The molecule has 6 heteroatoms. The molecule has 2 heterocycles. The lowest BCUT2D eigenvalue weighted by Gasteiger charge is -2.12. The van der Waals surface area contributed by atoms with Crippen LogP contribution in [0.1, 0.15) is 31.1 Å². The number of nitrogens with zero attached hydrogens (tertiary/aromatic N) is 2. The molecule has 1 saturated carbocycles. The number of halogens is 1. The summed E-state index contributed by atoms with van der Waals surface area (Å²) >= 11 is 7.67. The number of aryl methyl sites for hydroxylation is 1. The fourth-order valence-electron chi connectivity index (χ4n) is 2.73. The third kappa shape index (κ3) is 2.90. The summed E-state index contributed by atoms with van der Waals surface area (Å²) in [4.78, 5) is 10.8. The second-order valence-electron chi connectivity index (χ2n) is 5.34. The molecule has 0 bridgehead atoms. The van der Waals surface area contributed by atoms with E-state index in [9.17, 15) is 5.11 Å². The van der Waals surface area contributed by atoms with Gasteiger partial charge in [-0.15, -0.1) is 11.3 Å². The van der Waals surface area contributed by atoms with Gasteiger partial charge in [0, 0.05) is 11.4 Å². The van der Waals surface area contributed by atoms with E-state index in [-0.39, 0.29) is 11.4 Å². The SMILES string of the molecule is CCc1cc2c(NCC3CCC(O)C3)nc(Cl)nc2s1. The van der Waals surface area contributed by atoms with Crippen LogP contribution in [0.15, 0.2) is 6.07 Å². The van der Waals surface area contributed by atoms with Gasteiger partial charge in [-0.05, 0) is 49.3 Å². The van der Waals surface area contributed by atoms with Gasteiger partial charge in [0.05, 0.1) is 11.5 Å². The van der Waals surface area contributed by atoms with Gasteiger partial charge in [-0.2, -0.15) is 0 Å².